The molecule has 1 aliphatic heterocycles. The second-order valence-electron chi connectivity index (χ2n) is 7.69. The summed E-state index contributed by atoms with van der Waals surface area (Å²) < 4.78 is 19.9. The number of hydrogen-bond donors (Lipinski definition) is 2. The van der Waals surface area contributed by atoms with E-state index >= 15 is 0 Å². The number of fused-ring (bicyclic) bond motifs is 2. The number of ether oxygens (including phenoxy) is 1. The van der Waals surface area contributed by atoms with Crippen LogP contribution in [0.3, 0.4) is 0 Å². The van der Waals surface area contributed by atoms with Crippen LogP contribution in [0.15, 0.2) is 42.5 Å². The maximum atomic E-state index is 13.9. The van der Waals surface area contributed by atoms with Gasteiger partial charge in [0.2, 0.25) is 5.91 Å². The van der Waals surface area contributed by atoms with Crippen molar-refractivity contribution in [1.82, 2.24) is 15.2 Å². The molecule has 1 unspecified atom stereocenters. The Morgan fingerprint density at radius 1 is 1.28 bits per heavy atom. The molecule has 0 radical (unpaired) electrons. The maximum absolute atomic E-state index is 13.9. The van der Waals surface area contributed by atoms with E-state index in [-0.39, 0.29) is 24.2 Å². The van der Waals surface area contributed by atoms with Crippen LogP contribution in [-0.2, 0) is 17.8 Å². The minimum Gasteiger partial charge on any atom is -0.489 e. The van der Waals surface area contributed by atoms with Gasteiger partial charge in [0.15, 0.2) is 0 Å². The molecule has 152 valence electrons. The number of halogens is 1. The Balaban J connectivity index is 1.35. The first-order valence-corrected chi connectivity index (χ1v) is 10.0. The minimum absolute atomic E-state index is 0.0576. The van der Waals surface area contributed by atoms with Crippen LogP contribution in [0.2, 0.25) is 0 Å². The van der Waals surface area contributed by atoms with Gasteiger partial charge in [0.05, 0.1) is 11.9 Å². The van der Waals surface area contributed by atoms with Gasteiger partial charge in [-0.25, -0.2) is 4.39 Å². The molecule has 2 aromatic carbocycles. The number of aromatic nitrogens is 1. The van der Waals surface area contributed by atoms with Gasteiger partial charge in [0.25, 0.3) is 0 Å². The number of carbonyl (C=O) groups excluding carboxylic acids is 1. The van der Waals surface area contributed by atoms with Crippen LogP contribution in [0.25, 0.3) is 10.9 Å². The summed E-state index contributed by atoms with van der Waals surface area (Å²) in [6.45, 7) is 6.85. The fraction of sp³-hybridized carbons (Fsp3) is 0.348. The highest BCUT2D eigenvalue weighted by atomic mass is 19.1. The highest BCUT2D eigenvalue weighted by molar-refractivity contribution is 5.90. The number of nitrogens with zero attached hydrogens (tertiary/aromatic N) is 1. The lowest BCUT2D eigenvalue weighted by Gasteiger charge is -2.21. The van der Waals surface area contributed by atoms with Crippen molar-refractivity contribution in [3.8, 4) is 5.75 Å². The molecule has 1 aliphatic rings. The monoisotopic (exact) mass is 395 g/mol. The van der Waals surface area contributed by atoms with Crippen molar-refractivity contribution in [2.24, 2.45) is 0 Å². The molecule has 0 saturated heterocycles. The molecule has 2 heterocycles. The number of aryl methyl sites for hydroxylation is 1. The number of amides is 1. The predicted molar refractivity (Wildman–Crippen MR) is 112 cm³/mol. The van der Waals surface area contributed by atoms with E-state index in [2.05, 4.69) is 28.2 Å². The molecule has 0 bridgehead atoms. The van der Waals surface area contributed by atoms with Gasteiger partial charge in [-0.15, -0.1) is 0 Å². The molecule has 0 fully saturated rings. The lowest BCUT2D eigenvalue weighted by Crippen LogP contribution is -2.38. The predicted octanol–water partition coefficient (Wildman–Crippen LogP) is 3.56. The third-order valence-electron chi connectivity index (χ3n) is 5.40. The SMILES string of the molecule is Cc1[nH]c2c(F)cccc2c1CC(=O)NCCN1Cc2ccccc2OC(C)C1. The zero-order valence-electron chi connectivity index (χ0n) is 16.8. The number of nitrogens with one attached hydrogen (secondary N) is 2. The highest BCUT2D eigenvalue weighted by Crippen LogP contribution is 2.25. The van der Waals surface area contributed by atoms with Crippen LogP contribution in [0.5, 0.6) is 5.75 Å². The van der Waals surface area contributed by atoms with Crippen molar-refractivity contribution in [3.05, 3.63) is 65.1 Å². The van der Waals surface area contributed by atoms with Gasteiger partial charge in [0.1, 0.15) is 17.7 Å². The van der Waals surface area contributed by atoms with E-state index in [0.29, 0.717) is 12.1 Å². The molecule has 1 amide bonds. The Morgan fingerprint density at radius 3 is 2.97 bits per heavy atom. The summed E-state index contributed by atoms with van der Waals surface area (Å²) in [7, 11) is 0. The molecule has 6 heteroatoms. The molecular weight excluding hydrogens is 369 g/mol. The van der Waals surface area contributed by atoms with Gasteiger partial charge < -0.3 is 15.0 Å². The lowest BCUT2D eigenvalue weighted by molar-refractivity contribution is -0.120. The van der Waals surface area contributed by atoms with E-state index in [9.17, 15) is 9.18 Å². The van der Waals surface area contributed by atoms with E-state index < -0.39 is 0 Å². The maximum Gasteiger partial charge on any atom is 0.224 e. The van der Waals surface area contributed by atoms with E-state index in [0.717, 1.165) is 42.0 Å². The zero-order chi connectivity index (χ0) is 20.4. The average Bonchev–Trinajstić information content (AvgIpc) is 2.90. The van der Waals surface area contributed by atoms with Crippen molar-refractivity contribution in [3.63, 3.8) is 0 Å². The first-order valence-electron chi connectivity index (χ1n) is 10.0. The van der Waals surface area contributed by atoms with E-state index in [1.54, 1.807) is 6.07 Å². The van der Waals surface area contributed by atoms with Crippen molar-refractivity contribution in [2.75, 3.05) is 19.6 Å². The largest absolute Gasteiger partial charge is 0.489 e. The van der Waals surface area contributed by atoms with E-state index in [1.165, 1.54) is 11.6 Å². The fourth-order valence-corrected chi connectivity index (χ4v) is 4.01. The smallest absolute Gasteiger partial charge is 0.224 e. The summed E-state index contributed by atoms with van der Waals surface area (Å²) in [4.78, 5) is 17.8. The molecule has 4 rings (SSSR count). The third-order valence-corrected chi connectivity index (χ3v) is 5.40. The number of H-pyrrole nitrogens is 1. The Bertz CT molecular complexity index is 1030. The number of aromatic amines is 1. The Morgan fingerprint density at radius 2 is 2.10 bits per heavy atom. The van der Waals surface area contributed by atoms with Crippen molar-refractivity contribution in [1.29, 1.82) is 0 Å². The lowest BCUT2D eigenvalue weighted by atomic mass is 10.1. The molecule has 0 saturated carbocycles. The summed E-state index contributed by atoms with van der Waals surface area (Å²) in [6.07, 6.45) is 0.329. The first kappa shape index (κ1) is 19.5. The minimum atomic E-state index is -0.296. The number of rotatable bonds is 5. The summed E-state index contributed by atoms with van der Waals surface area (Å²) in [5.74, 6) is 0.585. The Hall–Kier alpha value is -2.86. The van der Waals surface area contributed by atoms with E-state index in [4.69, 9.17) is 4.74 Å². The summed E-state index contributed by atoms with van der Waals surface area (Å²) in [6, 6.07) is 13.0. The van der Waals surface area contributed by atoms with Gasteiger partial charge in [-0.3, -0.25) is 9.69 Å². The summed E-state index contributed by atoms with van der Waals surface area (Å²) in [5, 5.41) is 3.78. The molecule has 29 heavy (non-hydrogen) atoms. The van der Waals surface area contributed by atoms with Crippen LogP contribution in [0, 0.1) is 12.7 Å². The van der Waals surface area contributed by atoms with Crippen LogP contribution in [0.4, 0.5) is 4.39 Å². The molecule has 0 spiro atoms. The van der Waals surface area contributed by atoms with Gasteiger partial charge in [0, 0.05) is 42.8 Å². The number of carbonyl (C=O) groups is 1. The van der Waals surface area contributed by atoms with Crippen LogP contribution < -0.4 is 10.1 Å². The second kappa shape index (κ2) is 8.25. The molecule has 1 atom stereocenters. The summed E-state index contributed by atoms with van der Waals surface area (Å²) in [5.41, 5.74) is 3.31. The second-order valence-corrected chi connectivity index (χ2v) is 7.69. The fourth-order valence-electron chi connectivity index (χ4n) is 4.01. The normalized spacial score (nSPS) is 16.9. The quantitative estimate of drug-likeness (QED) is 0.695. The van der Waals surface area contributed by atoms with Crippen LogP contribution in [-0.4, -0.2) is 41.5 Å². The van der Waals surface area contributed by atoms with Crippen LogP contribution in [0.1, 0.15) is 23.7 Å². The van der Waals surface area contributed by atoms with E-state index in [1.807, 2.05) is 31.2 Å². The molecule has 2 N–H and O–H groups in total. The van der Waals surface area contributed by atoms with Gasteiger partial charge in [-0.1, -0.05) is 30.3 Å². The topological polar surface area (TPSA) is 57.4 Å². The molecule has 3 aromatic rings. The number of benzene rings is 2. The standard InChI is InChI=1S/C23H26FN3O2/c1-15-13-27(14-17-6-3-4-9-21(17)29-15)11-10-25-22(28)12-19-16(2)26-23-18(19)7-5-8-20(23)24/h3-9,15,26H,10-14H2,1-2H3,(H,25,28). The molecule has 0 aliphatic carbocycles. The van der Waals surface area contributed by atoms with Crippen molar-refractivity contribution < 1.29 is 13.9 Å². The van der Waals surface area contributed by atoms with Crippen LogP contribution >= 0.6 is 0 Å². The number of hydrogen-bond acceptors (Lipinski definition) is 3. The zero-order valence-corrected chi connectivity index (χ0v) is 16.8. The average molecular weight is 395 g/mol. The van der Waals surface area contributed by atoms with Gasteiger partial charge >= 0.3 is 0 Å². The third kappa shape index (κ3) is 4.27. The van der Waals surface area contributed by atoms with Crippen molar-refractivity contribution >= 4 is 16.8 Å². The molecule has 5 nitrogen and oxygen atoms in total. The highest BCUT2D eigenvalue weighted by Gasteiger charge is 2.20. The Kier molecular flexibility index (Phi) is 5.53. The summed E-state index contributed by atoms with van der Waals surface area (Å²) >= 11 is 0. The first-order chi connectivity index (χ1) is 14.0. The van der Waals surface area contributed by atoms with Crippen molar-refractivity contribution in [2.45, 2.75) is 32.9 Å². The molecular formula is C23H26FN3O2. The number of para-hydroxylation sites is 2. The van der Waals surface area contributed by atoms with Gasteiger partial charge in [-0.05, 0) is 31.5 Å². The Labute approximate surface area is 169 Å². The van der Waals surface area contributed by atoms with Gasteiger partial charge in [-0.2, -0.15) is 0 Å². The molecule has 1 aromatic heterocycles.